The number of aromatic carboxylic acids is 1. The van der Waals surface area contributed by atoms with Crippen LogP contribution in [0.2, 0.25) is 0 Å². The van der Waals surface area contributed by atoms with Crippen molar-refractivity contribution in [3.63, 3.8) is 0 Å². The SMILES string of the molecule is Cc1ccc(C(=O)Nc2sc(C)c(C)c2C(=O)O)c(O)c1. The summed E-state index contributed by atoms with van der Waals surface area (Å²) >= 11 is 1.21. The Morgan fingerprint density at radius 3 is 2.43 bits per heavy atom. The van der Waals surface area contributed by atoms with Gasteiger partial charge in [0.25, 0.3) is 5.91 Å². The number of anilines is 1. The van der Waals surface area contributed by atoms with E-state index in [1.54, 1.807) is 26.8 Å². The lowest BCUT2D eigenvalue weighted by atomic mass is 10.1. The average Bonchev–Trinajstić information content (AvgIpc) is 2.64. The molecule has 0 saturated heterocycles. The third-order valence-electron chi connectivity index (χ3n) is 3.22. The molecule has 110 valence electrons. The molecule has 5 nitrogen and oxygen atoms in total. The van der Waals surface area contributed by atoms with Crippen LogP contribution in [0.5, 0.6) is 5.75 Å². The van der Waals surface area contributed by atoms with Crippen LogP contribution in [0.25, 0.3) is 0 Å². The average molecular weight is 305 g/mol. The van der Waals surface area contributed by atoms with Crippen molar-refractivity contribution < 1.29 is 19.8 Å². The molecule has 0 atom stereocenters. The number of benzene rings is 1. The molecule has 0 spiro atoms. The Hall–Kier alpha value is -2.34. The molecule has 2 aromatic rings. The van der Waals surface area contributed by atoms with E-state index in [2.05, 4.69) is 5.32 Å². The van der Waals surface area contributed by atoms with E-state index < -0.39 is 11.9 Å². The van der Waals surface area contributed by atoms with Gasteiger partial charge in [0.1, 0.15) is 10.8 Å². The Morgan fingerprint density at radius 2 is 1.86 bits per heavy atom. The van der Waals surface area contributed by atoms with Gasteiger partial charge in [-0.25, -0.2) is 4.79 Å². The fourth-order valence-electron chi connectivity index (χ4n) is 1.98. The van der Waals surface area contributed by atoms with Gasteiger partial charge in [-0.15, -0.1) is 11.3 Å². The molecule has 0 aliphatic heterocycles. The summed E-state index contributed by atoms with van der Waals surface area (Å²) in [7, 11) is 0. The predicted molar refractivity (Wildman–Crippen MR) is 81.5 cm³/mol. The Kier molecular flexibility index (Phi) is 3.99. The van der Waals surface area contributed by atoms with E-state index in [1.807, 2.05) is 0 Å². The lowest BCUT2D eigenvalue weighted by Gasteiger charge is -2.07. The van der Waals surface area contributed by atoms with E-state index in [-0.39, 0.29) is 21.9 Å². The minimum Gasteiger partial charge on any atom is -0.507 e. The second-order valence-corrected chi connectivity index (χ2v) is 5.99. The minimum atomic E-state index is -1.08. The van der Waals surface area contributed by atoms with Crippen molar-refractivity contribution in [3.05, 3.63) is 45.3 Å². The molecule has 1 amide bonds. The number of amides is 1. The molecule has 0 bridgehead atoms. The van der Waals surface area contributed by atoms with Gasteiger partial charge in [-0.3, -0.25) is 4.79 Å². The van der Waals surface area contributed by atoms with Gasteiger partial charge in [0, 0.05) is 4.88 Å². The number of rotatable bonds is 3. The van der Waals surface area contributed by atoms with Gasteiger partial charge in [0.2, 0.25) is 0 Å². The summed E-state index contributed by atoms with van der Waals surface area (Å²) in [4.78, 5) is 24.3. The molecular formula is C15H15NO4S. The van der Waals surface area contributed by atoms with E-state index in [1.165, 1.54) is 23.5 Å². The zero-order chi connectivity index (χ0) is 15.7. The predicted octanol–water partition coefficient (Wildman–Crippen LogP) is 3.33. The lowest BCUT2D eigenvalue weighted by Crippen LogP contribution is -2.13. The fourth-order valence-corrected chi connectivity index (χ4v) is 3.02. The Balaban J connectivity index is 2.36. The fraction of sp³-hybridized carbons (Fsp3) is 0.200. The number of phenolic OH excluding ortho intramolecular Hbond substituents is 1. The number of carbonyl (C=O) groups is 2. The molecule has 0 aliphatic carbocycles. The highest BCUT2D eigenvalue weighted by Crippen LogP contribution is 2.33. The molecule has 0 unspecified atom stereocenters. The molecule has 0 saturated carbocycles. The highest BCUT2D eigenvalue weighted by molar-refractivity contribution is 7.16. The molecule has 21 heavy (non-hydrogen) atoms. The maximum atomic E-state index is 12.2. The van der Waals surface area contributed by atoms with Crippen molar-refractivity contribution in [2.24, 2.45) is 0 Å². The summed E-state index contributed by atoms with van der Waals surface area (Å²) in [5.41, 5.74) is 1.67. The topological polar surface area (TPSA) is 86.6 Å². The van der Waals surface area contributed by atoms with Crippen molar-refractivity contribution in [1.82, 2.24) is 0 Å². The first-order valence-electron chi connectivity index (χ1n) is 6.25. The van der Waals surface area contributed by atoms with Crippen LogP contribution < -0.4 is 5.32 Å². The maximum absolute atomic E-state index is 12.2. The van der Waals surface area contributed by atoms with Crippen molar-refractivity contribution >= 4 is 28.2 Å². The largest absolute Gasteiger partial charge is 0.507 e. The zero-order valence-electron chi connectivity index (χ0n) is 11.9. The van der Waals surface area contributed by atoms with E-state index in [4.69, 9.17) is 0 Å². The van der Waals surface area contributed by atoms with E-state index >= 15 is 0 Å². The Morgan fingerprint density at radius 1 is 1.19 bits per heavy atom. The summed E-state index contributed by atoms with van der Waals surface area (Å²) in [5, 5.41) is 21.9. The van der Waals surface area contributed by atoms with Crippen LogP contribution in [0, 0.1) is 20.8 Å². The smallest absolute Gasteiger partial charge is 0.338 e. The highest BCUT2D eigenvalue weighted by Gasteiger charge is 2.21. The first-order valence-corrected chi connectivity index (χ1v) is 7.07. The second kappa shape index (κ2) is 5.57. The number of carboxylic acid groups (broad SMARTS) is 1. The molecule has 6 heteroatoms. The molecule has 1 aromatic heterocycles. The minimum absolute atomic E-state index is 0.0949. The highest BCUT2D eigenvalue weighted by atomic mass is 32.1. The van der Waals surface area contributed by atoms with Gasteiger partial charge in [0.05, 0.1) is 11.1 Å². The maximum Gasteiger partial charge on any atom is 0.338 e. The van der Waals surface area contributed by atoms with Crippen molar-refractivity contribution in [2.75, 3.05) is 5.32 Å². The molecule has 0 aliphatic rings. The Labute approximate surface area is 125 Å². The van der Waals surface area contributed by atoms with Crippen LogP contribution in [-0.4, -0.2) is 22.1 Å². The van der Waals surface area contributed by atoms with E-state index in [0.29, 0.717) is 5.56 Å². The molecule has 0 fully saturated rings. The van der Waals surface area contributed by atoms with E-state index in [9.17, 15) is 19.8 Å². The van der Waals surface area contributed by atoms with Crippen LogP contribution in [-0.2, 0) is 0 Å². The molecule has 2 rings (SSSR count). The first kappa shape index (κ1) is 15.1. The molecule has 1 heterocycles. The standard InChI is InChI=1S/C15H15NO4S/c1-7-4-5-10(11(17)6-7)13(18)16-14-12(15(19)20)8(2)9(3)21-14/h4-6,17H,1-3H3,(H,16,18)(H,19,20). The number of hydrogen-bond acceptors (Lipinski definition) is 4. The Bertz CT molecular complexity index is 734. The van der Waals surface area contributed by atoms with Crippen molar-refractivity contribution in [1.29, 1.82) is 0 Å². The number of carbonyl (C=O) groups excluding carboxylic acids is 1. The molecule has 1 aromatic carbocycles. The zero-order valence-corrected chi connectivity index (χ0v) is 12.7. The lowest BCUT2D eigenvalue weighted by molar-refractivity contribution is 0.0697. The number of nitrogens with one attached hydrogen (secondary N) is 1. The summed E-state index contributed by atoms with van der Waals surface area (Å²) in [5.74, 6) is -1.74. The molecular weight excluding hydrogens is 290 g/mol. The van der Waals surface area contributed by atoms with Crippen LogP contribution in [0.1, 0.15) is 36.7 Å². The second-order valence-electron chi connectivity index (χ2n) is 4.77. The summed E-state index contributed by atoms with van der Waals surface area (Å²) in [6, 6.07) is 4.70. The summed E-state index contributed by atoms with van der Waals surface area (Å²) < 4.78 is 0. The van der Waals surface area contributed by atoms with Crippen LogP contribution in [0.15, 0.2) is 18.2 Å². The summed E-state index contributed by atoms with van der Waals surface area (Å²) in [6.45, 7) is 5.30. The van der Waals surface area contributed by atoms with Crippen LogP contribution in [0.3, 0.4) is 0 Å². The van der Waals surface area contributed by atoms with E-state index in [0.717, 1.165) is 10.4 Å². The van der Waals surface area contributed by atoms with Gasteiger partial charge in [0.15, 0.2) is 0 Å². The third-order valence-corrected chi connectivity index (χ3v) is 4.35. The van der Waals surface area contributed by atoms with Gasteiger partial charge in [-0.2, -0.15) is 0 Å². The summed E-state index contributed by atoms with van der Waals surface area (Å²) in [6.07, 6.45) is 0. The number of thiophene rings is 1. The molecule has 0 radical (unpaired) electrons. The normalized spacial score (nSPS) is 10.4. The van der Waals surface area contributed by atoms with Gasteiger partial charge < -0.3 is 15.5 Å². The van der Waals surface area contributed by atoms with Gasteiger partial charge >= 0.3 is 5.97 Å². The van der Waals surface area contributed by atoms with Crippen molar-refractivity contribution in [2.45, 2.75) is 20.8 Å². The van der Waals surface area contributed by atoms with Crippen molar-refractivity contribution in [3.8, 4) is 5.75 Å². The van der Waals surface area contributed by atoms with Gasteiger partial charge in [-0.1, -0.05) is 6.07 Å². The van der Waals surface area contributed by atoms with Crippen LogP contribution in [0.4, 0.5) is 5.00 Å². The third kappa shape index (κ3) is 2.90. The number of carboxylic acids is 1. The number of phenols is 1. The van der Waals surface area contributed by atoms with Gasteiger partial charge in [-0.05, 0) is 44.0 Å². The quantitative estimate of drug-likeness (QED) is 0.811. The van der Waals surface area contributed by atoms with Crippen LogP contribution >= 0.6 is 11.3 Å². The number of aryl methyl sites for hydroxylation is 2. The molecule has 3 N–H and O–H groups in total. The first-order chi connectivity index (χ1) is 9.81. The number of hydrogen-bond donors (Lipinski definition) is 3. The monoisotopic (exact) mass is 305 g/mol. The number of aromatic hydroxyl groups is 1.